The minimum atomic E-state index is 0.528. The Morgan fingerprint density at radius 2 is 1.95 bits per heavy atom. The number of nitrogens with zero attached hydrogens (tertiary/aromatic N) is 4. The monoisotopic (exact) mass is 285 g/mol. The van der Waals surface area contributed by atoms with Crippen molar-refractivity contribution >= 4 is 11.5 Å². The number of nitrogens with two attached hydrogens (primary N) is 1. The summed E-state index contributed by atoms with van der Waals surface area (Å²) in [7, 11) is 0. The smallest absolute Gasteiger partial charge is 0.151 e. The summed E-state index contributed by atoms with van der Waals surface area (Å²) in [5.41, 5.74) is 7.18. The Bertz CT molecular complexity index is 522. The normalized spacial score (nSPS) is 20.6. The van der Waals surface area contributed by atoms with Gasteiger partial charge in [-0.2, -0.15) is 5.26 Å². The second-order valence-corrected chi connectivity index (χ2v) is 6.19. The number of aromatic nitrogens is 1. The van der Waals surface area contributed by atoms with Crippen LogP contribution in [0.5, 0.6) is 0 Å². The van der Waals surface area contributed by atoms with Crippen molar-refractivity contribution < 1.29 is 0 Å². The van der Waals surface area contributed by atoms with E-state index >= 15 is 0 Å². The third-order valence-corrected chi connectivity index (χ3v) is 4.65. The largest absolute Gasteiger partial charge is 0.396 e. The minimum Gasteiger partial charge on any atom is -0.396 e. The summed E-state index contributed by atoms with van der Waals surface area (Å²) in [5, 5.41) is 8.87. The zero-order valence-electron chi connectivity index (χ0n) is 12.5. The number of hydrogen-bond acceptors (Lipinski definition) is 5. The van der Waals surface area contributed by atoms with Crippen molar-refractivity contribution in [2.24, 2.45) is 5.92 Å². The van der Waals surface area contributed by atoms with Gasteiger partial charge in [0.2, 0.25) is 0 Å². The molecule has 3 rings (SSSR count). The molecule has 0 amide bonds. The predicted octanol–water partition coefficient (Wildman–Crippen LogP) is 1.85. The quantitative estimate of drug-likeness (QED) is 0.918. The first-order valence-corrected chi connectivity index (χ1v) is 7.89. The maximum atomic E-state index is 8.87. The van der Waals surface area contributed by atoms with E-state index in [1.807, 2.05) is 0 Å². The van der Waals surface area contributed by atoms with E-state index in [-0.39, 0.29) is 0 Å². The molecule has 0 aliphatic carbocycles. The highest BCUT2D eigenvalue weighted by molar-refractivity contribution is 5.64. The number of rotatable bonds is 3. The summed E-state index contributed by atoms with van der Waals surface area (Å²) in [4.78, 5) is 9.24. The summed E-state index contributed by atoms with van der Waals surface area (Å²) in [5.74, 6) is 1.65. The van der Waals surface area contributed by atoms with Crippen LogP contribution < -0.4 is 10.6 Å². The first-order chi connectivity index (χ1) is 10.3. The molecule has 2 fully saturated rings. The van der Waals surface area contributed by atoms with Gasteiger partial charge in [0.15, 0.2) is 5.82 Å². The number of nitrogen functional groups attached to an aromatic ring is 1. The van der Waals surface area contributed by atoms with Crippen molar-refractivity contribution in [2.45, 2.75) is 25.7 Å². The van der Waals surface area contributed by atoms with Crippen molar-refractivity contribution in [1.29, 1.82) is 5.26 Å². The summed E-state index contributed by atoms with van der Waals surface area (Å²) in [6, 6.07) is 3.80. The molecule has 0 unspecified atom stereocenters. The van der Waals surface area contributed by atoms with Gasteiger partial charge in [-0.1, -0.05) is 0 Å². The number of anilines is 2. The highest BCUT2D eigenvalue weighted by Gasteiger charge is 2.24. The van der Waals surface area contributed by atoms with Gasteiger partial charge in [0.05, 0.1) is 11.3 Å². The van der Waals surface area contributed by atoms with Gasteiger partial charge in [0.25, 0.3) is 0 Å². The van der Waals surface area contributed by atoms with Crippen LogP contribution in [0.2, 0.25) is 0 Å². The van der Waals surface area contributed by atoms with Crippen LogP contribution in [0.15, 0.2) is 12.3 Å². The van der Waals surface area contributed by atoms with Crippen molar-refractivity contribution in [1.82, 2.24) is 9.88 Å². The molecule has 0 radical (unpaired) electrons. The molecule has 21 heavy (non-hydrogen) atoms. The molecule has 0 atom stereocenters. The van der Waals surface area contributed by atoms with Gasteiger partial charge in [-0.3, -0.25) is 0 Å². The summed E-state index contributed by atoms with van der Waals surface area (Å²) >= 11 is 0. The van der Waals surface area contributed by atoms with Crippen molar-refractivity contribution in [3.63, 3.8) is 0 Å². The molecule has 0 aromatic carbocycles. The number of likely N-dealkylation sites (tertiary alicyclic amines) is 1. The van der Waals surface area contributed by atoms with Gasteiger partial charge in [0, 0.05) is 25.8 Å². The summed E-state index contributed by atoms with van der Waals surface area (Å²) in [6.45, 7) is 5.85. The molecule has 112 valence electrons. The highest BCUT2D eigenvalue weighted by atomic mass is 15.2. The highest BCUT2D eigenvalue weighted by Crippen LogP contribution is 2.27. The Morgan fingerprint density at radius 1 is 1.24 bits per heavy atom. The van der Waals surface area contributed by atoms with Gasteiger partial charge in [-0.15, -0.1) is 0 Å². The second kappa shape index (κ2) is 6.31. The molecule has 0 saturated carbocycles. The molecule has 5 nitrogen and oxygen atoms in total. The minimum absolute atomic E-state index is 0.528. The second-order valence-electron chi connectivity index (χ2n) is 6.19. The van der Waals surface area contributed by atoms with Crippen LogP contribution >= 0.6 is 0 Å². The van der Waals surface area contributed by atoms with Gasteiger partial charge in [-0.05, 0) is 50.8 Å². The van der Waals surface area contributed by atoms with Crippen LogP contribution in [0.1, 0.15) is 31.2 Å². The number of nitriles is 1. The van der Waals surface area contributed by atoms with Crippen LogP contribution in [0.3, 0.4) is 0 Å². The van der Waals surface area contributed by atoms with E-state index in [1.165, 1.54) is 45.3 Å². The number of pyridine rings is 1. The van der Waals surface area contributed by atoms with Crippen LogP contribution in [0, 0.1) is 17.2 Å². The zero-order valence-corrected chi connectivity index (χ0v) is 12.5. The molecular weight excluding hydrogens is 262 g/mol. The lowest BCUT2D eigenvalue weighted by atomic mass is 9.96. The number of hydrogen-bond donors (Lipinski definition) is 1. The fraction of sp³-hybridized carbons (Fsp3) is 0.625. The third-order valence-electron chi connectivity index (χ3n) is 4.65. The Kier molecular flexibility index (Phi) is 4.26. The molecule has 0 spiro atoms. The standard InChI is InChI=1S/C16H23N5/c17-10-14-9-15(18)16(19-11-14)21-7-3-13(4-8-21)12-20-5-1-2-6-20/h9,11,13H,1-8,12,18H2. The lowest BCUT2D eigenvalue weighted by Gasteiger charge is -2.35. The van der Waals surface area contributed by atoms with Crippen LogP contribution in [0.4, 0.5) is 11.5 Å². The van der Waals surface area contributed by atoms with E-state index in [1.54, 1.807) is 12.3 Å². The van der Waals surface area contributed by atoms with E-state index in [0.717, 1.165) is 24.8 Å². The van der Waals surface area contributed by atoms with Crippen LogP contribution in [0.25, 0.3) is 0 Å². The summed E-state index contributed by atoms with van der Waals surface area (Å²) < 4.78 is 0. The Hall–Kier alpha value is -1.80. The number of piperidine rings is 1. The van der Waals surface area contributed by atoms with Gasteiger partial charge >= 0.3 is 0 Å². The van der Waals surface area contributed by atoms with E-state index in [2.05, 4.69) is 20.9 Å². The molecule has 2 aliphatic rings. The van der Waals surface area contributed by atoms with Crippen molar-refractivity contribution in [3.05, 3.63) is 17.8 Å². The first kappa shape index (κ1) is 14.2. The maximum absolute atomic E-state index is 8.87. The molecule has 1 aromatic rings. The van der Waals surface area contributed by atoms with Crippen molar-refractivity contribution in [2.75, 3.05) is 43.4 Å². The fourth-order valence-electron chi connectivity index (χ4n) is 3.46. The molecule has 2 saturated heterocycles. The van der Waals surface area contributed by atoms with Crippen LogP contribution in [-0.4, -0.2) is 42.6 Å². The molecule has 5 heteroatoms. The predicted molar refractivity (Wildman–Crippen MR) is 84.0 cm³/mol. The molecule has 2 N–H and O–H groups in total. The Labute approximate surface area is 126 Å². The maximum Gasteiger partial charge on any atom is 0.151 e. The van der Waals surface area contributed by atoms with Gasteiger partial charge < -0.3 is 15.5 Å². The van der Waals surface area contributed by atoms with E-state index in [9.17, 15) is 0 Å². The fourth-order valence-corrected chi connectivity index (χ4v) is 3.46. The Balaban J connectivity index is 1.56. The van der Waals surface area contributed by atoms with E-state index in [0.29, 0.717) is 11.3 Å². The molecular formula is C16H23N5. The van der Waals surface area contributed by atoms with E-state index < -0.39 is 0 Å². The summed E-state index contributed by atoms with van der Waals surface area (Å²) in [6.07, 6.45) is 6.76. The lowest BCUT2D eigenvalue weighted by molar-refractivity contribution is 0.249. The van der Waals surface area contributed by atoms with Crippen molar-refractivity contribution in [3.8, 4) is 6.07 Å². The Morgan fingerprint density at radius 3 is 2.57 bits per heavy atom. The van der Waals surface area contributed by atoms with Gasteiger partial charge in [-0.25, -0.2) is 4.98 Å². The van der Waals surface area contributed by atoms with E-state index in [4.69, 9.17) is 11.0 Å². The molecule has 1 aromatic heterocycles. The first-order valence-electron chi connectivity index (χ1n) is 7.89. The SMILES string of the molecule is N#Cc1cnc(N2CCC(CN3CCCC3)CC2)c(N)c1. The van der Waals surface area contributed by atoms with Crippen LogP contribution in [-0.2, 0) is 0 Å². The average molecular weight is 285 g/mol. The molecule has 2 aliphatic heterocycles. The van der Waals surface area contributed by atoms with Gasteiger partial charge in [0.1, 0.15) is 6.07 Å². The average Bonchev–Trinajstić information content (AvgIpc) is 3.01. The lowest BCUT2D eigenvalue weighted by Crippen LogP contribution is -2.38. The third kappa shape index (κ3) is 3.27. The topological polar surface area (TPSA) is 69.2 Å². The zero-order chi connectivity index (χ0) is 14.7. The molecule has 3 heterocycles. The molecule has 0 bridgehead atoms.